The van der Waals surface area contributed by atoms with Gasteiger partial charge in [-0.15, -0.1) is 0 Å². The Kier molecular flexibility index (Phi) is 10.9. The van der Waals surface area contributed by atoms with Gasteiger partial charge >= 0.3 is 6.18 Å². The number of para-hydroxylation sites is 6. The predicted octanol–water partition coefficient (Wildman–Crippen LogP) is 19.9. The molecule has 86 heavy (non-hydrogen) atoms. The molecule has 0 saturated carbocycles. The molecule has 0 amide bonds. The fourth-order valence-corrected chi connectivity index (χ4v) is 13.2. The van der Waals surface area contributed by atoms with Crippen LogP contribution in [0.5, 0.6) is 0 Å². The molecule has 0 aliphatic rings. The highest BCUT2D eigenvalue weighted by molar-refractivity contribution is 6.21. The molecule has 10 heteroatoms. The highest BCUT2D eigenvalue weighted by Gasteiger charge is 2.33. The van der Waals surface area contributed by atoms with E-state index in [2.05, 4.69) is 153 Å². The first-order valence-corrected chi connectivity index (χ1v) is 28.6. The molecular formula is C76H46F3N7. The second-order valence-electron chi connectivity index (χ2n) is 21.9. The van der Waals surface area contributed by atoms with Crippen molar-refractivity contribution in [2.24, 2.45) is 0 Å². The molecule has 0 atom stereocenters. The first kappa shape index (κ1) is 49.3. The van der Waals surface area contributed by atoms with Crippen LogP contribution in [0.15, 0.2) is 279 Å². The summed E-state index contributed by atoms with van der Waals surface area (Å²) < 4.78 is 56.1. The zero-order valence-corrected chi connectivity index (χ0v) is 45.8. The number of hydrogen-bond acceptors (Lipinski definition) is 3. The van der Waals surface area contributed by atoms with E-state index < -0.39 is 11.7 Å². The van der Waals surface area contributed by atoms with Gasteiger partial charge in [-0.05, 0) is 103 Å². The third kappa shape index (κ3) is 7.66. The van der Waals surface area contributed by atoms with Crippen LogP contribution in [0.3, 0.4) is 0 Å². The molecule has 0 N–H and O–H groups in total. The second-order valence-corrected chi connectivity index (χ2v) is 21.9. The molecule has 17 rings (SSSR count). The van der Waals surface area contributed by atoms with Crippen molar-refractivity contribution < 1.29 is 13.2 Å². The van der Waals surface area contributed by atoms with E-state index >= 15 is 13.2 Å². The zero-order chi connectivity index (χ0) is 57.2. The van der Waals surface area contributed by atoms with Crippen LogP contribution in [0.1, 0.15) is 5.56 Å². The summed E-state index contributed by atoms with van der Waals surface area (Å²) in [4.78, 5) is 15.5. The third-order valence-electron chi connectivity index (χ3n) is 17.0. The van der Waals surface area contributed by atoms with Crippen LogP contribution in [-0.2, 0) is 6.18 Å². The monoisotopic (exact) mass is 1110 g/mol. The molecule has 17 aromatic rings. The largest absolute Gasteiger partial charge is 0.416 e. The Morgan fingerprint density at radius 1 is 0.244 bits per heavy atom. The van der Waals surface area contributed by atoms with Gasteiger partial charge in [-0.1, -0.05) is 176 Å². The van der Waals surface area contributed by atoms with Crippen LogP contribution in [0.25, 0.3) is 155 Å². The summed E-state index contributed by atoms with van der Waals surface area (Å²) in [6, 6.07) is 92.9. The first-order chi connectivity index (χ1) is 42.3. The Hall–Kier alpha value is -11.4. The van der Waals surface area contributed by atoms with Crippen molar-refractivity contribution in [1.29, 1.82) is 0 Å². The van der Waals surface area contributed by atoms with E-state index in [4.69, 9.17) is 15.0 Å². The molecule has 7 nitrogen and oxygen atoms in total. The lowest BCUT2D eigenvalue weighted by Gasteiger charge is -2.21. The minimum atomic E-state index is -4.69. The van der Waals surface area contributed by atoms with Crippen molar-refractivity contribution in [2.75, 3.05) is 0 Å². The van der Waals surface area contributed by atoms with E-state index in [9.17, 15) is 0 Å². The van der Waals surface area contributed by atoms with E-state index in [0.717, 1.165) is 115 Å². The molecule has 0 bridgehead atoms. The summed E-state index contributed by atoms with van der Waals surface area (Å²) in [7, 11) is 0. The normalized spacial score (nSPS) is 12.1. The summed E-state index contributed by atoms with van der Waals surface area (Å²) in [6.45, 7) is 0. The van der Waals surface area contributed by atoms with Crippen LogP contribution in [0.4, 0.5) is 13.2 Å². The maximum absolute atomic E-state index is 15.7. The SMILES string of the molecule is FC(F)(F)c1ccc(-c2cc(-c3nc(-c4ccccc4)nc(-c4ccccc4)n3)ccc2-n2c3ccccc3c3cc4c5ccccc5n(-c5ccccc5)c4cc32)c(-n2c3ccccc3c3cc4c5ccccc5n(-c5ccccc5)c4cc32)c1. The Labute approximate surface area is 490 Å². The molecule has 0 unspecified atom stereocenters. The molecule has 12 aromatic carbocycles. The molecule has 0 aliphatic carbocycles. The number of halogens is 3. The van der Waals surface area contributed by atoms with Gasteiger partial charge in [-0.25, -0.2) is 15.0 Å². The molecule has 0 spiro atoms. The maximum Gasteiger partial charge on any atom is 0.416 e. The third-order valence-corrected chi connectivity index (χ3v) is 17.0. The number of rotatable bonds is 8. The molecule has 5 aromatic heterocycles. The second kappa shape index (κ2) is 19.1. The highest BCUT2D eigenvalue weighted by atomic mass is 19.4. The topological polar surface area (TPSA) is 58.4 Å². The van der Waals surface area contributed by atoms with E-state index in [1.54, 1.807) is 6.07 Å². The van der Waals surface area contributed by atoms with Gasteiger partial charge < -0.3 is 18.3 Å². The standard InChI is InChI=1S/C76H46F3N7/c77-76(78,79)50-38-39-57(68(42-50)86-66-36-20-16-32-56(66)62-44-60-54-30-14-18-34-64(54)84(70(60)46-72(62)86)52-27-11-4-12-28-52)58-41-49(75-81-73(47-21-5-1-6-22-47)80-74(82-75)48-23-7-2-8-24-48)37-40-67(58)85-65-35-19-15-31-55(65)61-43-59-53-29-13-17-33-63(53)83(69(59)45-71(61)85)51-25-9-3-10-26-51/h1-46H. The van der Waals surface area contributed by atoms with Gasteiger partial charge in [0, 0.05) is 82.3 Å². The molecule has 0 fully saturated rings. The van der Waals surface area contributed by atoms with E-state index in [-0.39, 0.29) is 0 Å². The number of hydrogen-bond donors (Lipinski definition) is 0. The van der Waals surface area contributed by atoms with Gasteiger partial charge in [0.05, 0.1) is 61.1 Å². The smallest absolute Gasteiger partial charge is 0.309 e. The lowest BCUT2D eigenvalue weighted by molar-refractivity contribution is -0.137. The Morgan fingerprint density at radius 3 is 1.03 bits per heavy atom. The molecule has 0 aliphatic heterocycles. The maximum atomic E-state index is 15.7. The van der Waals surface area contributed by atoms with Crippen molar-refractivity contribution in [3.63, 3.8) is 0 Å². The van der Waals surface area contributed by atoms with Crippen molar-refractivity contribution in [2.45, 2.75) is 6.18 Å². The molecule has 0 radical (unpaired) electrons. The van der Waals surface area contributed by atoms with E-state index in [1.165, 1.54) is 12.1 Å². The van der Waals surface area contributed by atoms with Crippen LogP contribution in [-0.4, -0.2) is 33.2 Å². The predicted molar refractivity (Wildman–Crippen MR) is 344 cm³/mol. The zero-order valence-electron chi connectivity index (χ0n) is 45.8. The summed E-state index contributed by atoms with van der Waals surface area (Å²) >= 11 is 0. The lowest BCUT2D eigenvalue weighted by atomic mass is 9.96. The highest BCUT2D eigenvalue weighted by Crippen LogP contribution is 2.47. The molecular weight excluding hydrogens is 1070 g/mol. The van der Waals surface area contributed by atoms with Gasteiger partial charge in [0.2, 0.25) is 0 Å². The average Bonchev–Trinajstić information content (AvgIpc) is 1.74. The van der Waals surface area contributed by atoms with Gasteiger partial charge in [0.15, 0.2) is 17.5 Å². The summed E-state index contributed by atoms with van der Waals surface area (Å²) in [5.74, 6) is 1.38. The fourth-order valence-electron chi connectivity index (χ4n) is 13.2. The average molecular weight is 1110 g/mol. The van der Waals surface area contributed by atoms with Crippen molar-refractivity contribution in [3.05, 3.63) is 285 Å². The quantitative estimate of drug-likeness (QED) is 0.152. The number of alkyl halides is 3. The Balaban J connectivity index is 1.01. The van der Waals surface area contributed by atoms with Crippen molar-refractivity contribution >= 4 is 87.2 Å². The Bertz CT molecular complexity index is 5510. The molecule has 406 valence electrons. The summed E-state index contributed by atoms with van der Waals surface area (Å²) in [5, 5.41) is 8.21. The number of aromatic nitrogens is 7. The minimum absolute atomic E-state index is 0.351. The van der Waals surface area contributed by atoms with Gasteiger partial charge in [-0.3, -0.25) is 0 Å². The van der Waals surface area contributed by atoms with Crippen LogP contribution >= 0.6 is 0 Å². The fraction of sp³-hybridized carbons (Fsp3) is 0.0132. The number of benzene rings is 12. The van der Waals surface area contributed by atoms with Gasteiger partial charge in [-0.2, -0.15) is 13.2 Å². The van der Waals surface area contributed by atoms with Gasteiger partial charge in [0.25, 0.3) is 0 Å². The van der Waals surface area contributed by atoms with Crippen LogP contribution in [0, 0.1) is 0 Å². The number of fused-ring (bicyclic) bond motifs is 12. The first-order valence-electron chi connectivity index (χ1n) is 28.6. The Morgan fingerprint density at radius 2 is 0.605 bits per heavy atom. The van der Waals surface area contributed by atoms with E-state index in [1.807, 2.05) is 126 Å². The summed E-state index contributed by atoms with van der Waals surface area (Å²) in [5.41, 5.74) is 13.2. The number of nitrogens with zero attached hydrogens (tertiary/aromatic N) is 7. The van der Waals surface area contributed by atoms with Crippen molar-refractivity contribution in [3.8, 4) is 68.0 Å². The van der Waals surface area contributed by atoms with Gasteiger partial charge in [0.1, 0.15) is 0 Å². The molecule has 5 heterocycles. The summed E-state index contributed by atoms with van der Waals surface area (Å²) in [6.07, 6.45) is -4.69. The van der Waals surface area contributed by atoms with Crippen molar-refractivity contribution in [1.82, 2.24) is 33.2 Å². The van der Waals surface area contributed by atoms with Crippen LogP contribution < -0.4 is 0 Å². The van der Waals surface area contributed by atoms with E-state index in [0.29, 0.717) is 39.9 Å². The van der Waals surface area contributed by atoms with Crippen LogP contribution in [0.2, 0.25) is 0 Å². The molecule has 0 saturated heterocycles. The minimum Gasteiger partial charge on any atom is -0.309 e. The lowest BCUT2D eigenvalue weighted by Crippen LogP contribution is -2.08.